The van der Waals surface area contributed by atoms with Crippen LogP contribution >= 0.6 is 0 Å². The molecule has 7 heteroatoms. The smallest absolute Gasteiger partial charge is 0.282 e. The Morgan fingerprint density at radius 3 is 2.58 bits per heavy atom. The molecule has 0 saturated heterocycles. The minimum Gasteiger partial charge on any atom is -0.383 e. The third-order valence-corrected chi connectivity index (χ3v) is 4.63. The third-order valence-electron chi connectivity index (χ3n) is 2.67. The Bertz CT molecular complexity index is 333. The molecular weight excluding hydrogens is 266 g/mol. The summed E-state index contributed by atoms with van der Waals surface area (Å²) in [5.74, 6) is 0. The standard InChI is InChI=1S/C12H27N3O3S/c1-5-9-15(11-12-18-4)19(16,17)14(3)10-7-8-13-6-2/h5,13H,1,6-12H2,2-4H3. The molecule has 0 amide bonds. The van der Waals surface area contributed by atoms with Crippen molar-refractivity contribution in [2.45, 2.75) is 13.3 Å². The van der Waals surface area contributed by atoms with Crippen molar-refractivity contribution in [3.8, 4) is 0 Å². The second-order valence-corrected chi connectivity index (χ2v) is 6.21. The van der Waals surface area contributed by atoms with Crippen molar-refractivity contribution >= 4 is 10.2 Å². The van der Waals surface area contributed by atoms with Crippen molar-refractivity contribution in [2.75, 3.05) is 53.5 Å². The first kappa shape index (κ1) is 18.5. The second-order valence-electron chi connectivity index (χ2n) is 4.18. The van der Waals surface area contributed by atoms with Crippen LogP contribution in [-0.4, -0.2) is 70.5 Å². The molecular formula is C12H27N3O3S. The van der Waals surface area contributed by atoms with Crippen LogP contribution in [0, 0.1) is 0 Å². The number of rotatable bonds is 12. The fraction of sp³-hybridized carbons (Fsp3) is 0.833. The van der Waals surface area contributed by atoms with E-state index in [2.05, 4.69) is 11.9 Å². The van der Waals surface area contributed by atoms with E-state index in [1.165, 1.54) is 8.61 Å². The lowest BCUT2D eigenvalue weighted by atomic mass is 10.4. The highest BCUT2D eigenvalue weighted by molar-refractivity contribution is 7.86. The summed E-state index contributed by atoms with van der Waals surface area (Å²) in [6, 6.07) is 0. The molecule has 0 aromatic carbocycles. The minimum absolute atomic E-state index is 0.295. The molecule has 0 aliphatic rings. The van der Waals surface area contributed by atoms with Gasteiger partial charge in [0.1, 0.15) is 0 Å². The summed E-state index contributed by atoms with van der Waals surface area (Å²) in [4.78, 5) is 0. The average Bonchev–Trinajstić information content (AvgIpc) is 2.39. The number of hydrogen-bond donors (Lipinski definition) is 1. The molecule has 0 radical (unpaired) electrons. The molecule has 0 heterocycles. The number of ether oxygens (including phenoxy) is 1. The summed E-state index contributed by atoms with van der Waals surface area (Å²) in [7, 11) is -0.279. The summed E-state index contributed by atoms with van der Waals surface area (Å²) in [6.07, 6.45) is 2.37. The average molecular weight is 293 g/mol. The van der Waals surface area contributed by atoms with Crippen LogP contribution in [0.1, 0.15) is 13.3 Å². The van der Waals surface area contributed by atoms with E-state index in [0.717, 1.165) is 19.5 Å². The molecule has 6 nitrogen and oxygen atoms in total. The van der Waals surface area contributed by atoms with Gasteiger partial charge in [0.2, 0.25) is 0 Å². The van der Waals surface area contributed by atoms with Crippen LogP contribution in [-0.2, 0) is 14.9 Å². The molecule has 0 bridgehead atoms. The van der Waals surface area contributed by atoms with Gasteiger partial charge in [-0.1, -0.05) is 13.0 Å². The molecule has 114 valence electrons. The van der Waals surface area contributed by atoms with Gasteiger partial charge in [0, 0.05) is 33.8 Å². The Hall–Kier alpha value is -0.470. The Labute approximate surface area is 117 Å². The highest BCUT2D eigenvalue weighted by Crippen LogP contribution is 2.07. The maximum Gasteiger partial charge on any atom is 0.282 e. The first-order chi connectivity index (χ1) is 9.00. The van der Waals surface area contributed by atoms with E-state index in [1.54, 1.807) is 20.2 Å². The maximum absolute atomic E-state index is 12.3. The van der Waals surface area contributed by atoms with Gasteiger partial charge >= 0.3 is 0 Å². The molecule has 0 atom stereocenters. The summed E-state index contributed by atoms with van der Waals surface area (Å²) in [5.41, 5.74) is 0. The van der Waals surface area contributed by atoms with Crippen molar-refractivity contribution in [1.29, 1.82) is 0 Å². The zero-order valence-electron chi connectivity index (χ0n) is 12.3. The third kappa shape index (κ3) is 7.03. The minimum atomic E-state index is -3.44. The molecule has 0 unspecified atom stereocenters. The number of nitrogens with one attached hydrogen (secondary N) is 1. The molecule has 0 fully saturated rings. The highest BCUT2D eigenvalue weighted by atomic mass is 32.2. The van der Waals surface area contributed by atoms with Crippen LogP contribution in [0.2, 0.25) is 0 Å². The van der Waals surface area contributed by atoms with Crippen LogP contribution in [0.5, 0.6) is 0 Å². The van der Waals surface area contributed by atoms with E-state index in [0.29, 0.717) is 26.2 Å². The Balaban J connectivity index is 4.46. The zero-order valence-corrected chi connectivity index (χ0v) is 13.1. The van der Waals surface area contributed by atoms with Gasteiger partial charge in [-0.3, -0.25) is 0 Å². The fourth-order valence-corrected chi connectivity index (χ4v) is 2.91. The molecule has 0 saturated carbocycles. The van der Waals surface area contributed by atoms with Gasteiger partial charge in [0.15, 0.2) is 0 Å². The van der Waals surface area contributed by atoms with Crippen molar-refractivity contribution in [2.24, 2.45) is 0 Å². The largest absolute Gasteiger partial charge is 0.383 e. The van der Waals surface area contributed by atoms with Gasteiger partial charge in [0.25, 0.3) is 10.2 Å². The number of hydrogen-bond acceptors (Lipinski definition) is 4. The Kier molecular flexibility index (Phi) is 10.1. The van der Waals surface area contributed by atoms with Gasteiger partial charge < -0.3 is 10.1 Å². The van der Waals surface area contributed by atoms with E-state index in [-0.39, 0.29) is 0 Å². The van der Waals surface area contributed by atoms with Crippen molar-refractivity contribution in [3.63, 3.8) is 0 Å². The van der Waals surface area contributed by atoms with Gasteiger partial charge in [-0.15, -0.1) is 6.58 Å². The second kappa shape index (κ2) is 10.3. The van der Waals surface area contributed by atoms with Crippen LogP contribution in [0.3, 0.4) is 0 Å². The molecule has 0 aliphatic carbocycles. The summed E-state index contributed by atoms with van der Waals surface area (Å²) in [6.45, 7) is 8.83. The lowest BCUT2D eigenvalue weighted by Gasteiger charge is -2.26. The van der Waals surface area contributed by atoms with E-state index in [9.17, 15) is 8.42 Å². The normalized spacial score (nSPS) is 12.3. The number of methoxy groups -OCH3 is 1. The molecule has 0 rings (SSSR count). The lowest BCUT2D eigenvalue weighted by molar-refractivity contribution is 0.179. The topological polar surface area (TPSA) is 61.9 Å². The van der Waals surface area contributed by atoms with Gasteiger partial charge in [-0.2, -0.15) is 17.0 Å². The quantitative estimate of drug-likeness (QED) is 0.415. The predicted octanol–water partition coefficient (Wildman–Crippen LogP) is 0.297. The molecule has 0 aromatic heterocycles. The molecule has 0 aliphatic heterocycles. The summed E-state index contributed by atoms with van der Waals surface area (Å²) >= 11 is 0. The Morgan fingerprint density at radius 2 is 2.05 bits per heavy atom. The Morgan fingerprint density at radius 1 is 1.37 bits per heavy atom. The van der Waals surface area contributed by atoms with Crippen molar-refractivity contribution in [3.05, 3.63) is 12.7 Å². The number of nitrogens with zero attached hydrogens (tertiary/aromatic N) is 2. The molecule has 0 spiro atoms. The van der Waals surface area contributed by atoms with Gasteiger partial charge in [-0.05, 0) is 19.5 Å². The van der Waals surface area contributed by atoms with Crippen LogP contribution in [0.15, 0.2) is 12.7 Å². The monoisotopic (exact) mass is 293 g/mol. The van der Waals surface area contributed by atoms with Gasteiger partial charge in [-0.25, -0.2) is 0 Å². The zero-order chi connectivity index (χ0) is 14.7. The summed E-state index contributed by atoms with van der Waals surface area (Å²) < 4.78 is 32.3. The predicted molar refractivity (Wildman–Crippen MR) is 78.4 cm³/mol. The highest BCUT2D eigenvalue weighted by Gasteiger charge is 2.25. The van der Waals surface area contributed by atoms with Crippen molar-refractivity contribution < 1.29 is 13.2 Å². The molecule has 0 aromatic rings. The lowest BCUT2D eigenvalue weighted by Crippen LogP contribution is -2.44. The molecule has 1 N–H and O–H groups in total. The first-order valence-electron chi connectivity index (χ1n) is 6.52. The fourth-order valence-electron chi connectivity index (χ4n) is 1.55. The van der Waals surface area contributed by atoms with Crippen LogP contribution in [0.25, 0.3) is 0 Å². The van der Waals surface area contributed by atoms with Crippen LogP contribution in [0.4, 0.5) is 0 Å². The maximum atomic E-state index is 12.3. The van der Waals surface area contributed by atoms with Gasteiger partial charge in [0.05, 0.1) is 6.61 Å². The van der Waals surface area contributed by atoms with E-state index >= 15 is 0 Å². The van der Waals surface area contributed by atoms with E-state index < -0.39 is 10.2 Å². The van der Waals surface area contributed by atoms with Crippen molar-refractivity contribution in [1.82, 2.24) is 13.9 Å². The van der Waals surface area contributed by atoms with E-state index in [1.807, 2.05) is 6.92 Å². The molecule has 19 heavy (non-hydrogen) atoms. The SMILES string of the molecule is C=CCN(CCOC)S(=O)(=O)N(C)CCCNCC. The van der Waals surface area contributed by atoms with Crippen LogP contribution < -0.4 is 5.32 Å². The first-order valence-corrected chi connectivity index (χ1v) is 7.92. The summed E-state index contributed by atoms with van der Waals surface area (Å²) in [5, 5.41) is 3.17. The van der Waals surface area contributed by atoms with E-state index in [4.69, 9.17) is 4.74 Å².